The molecule has 9 fully saturated rings. The monoisotopic (exact) mass is 1830 g/mol. The molecule has 634 valence electrons. The number of nitrogens with two attached hydrogens (primary N) is 3. The van der Waals surface area contributed by atoms with E-state index < -0.39 is 228 Å². The molecule has 0 amide bonds. The molecule has 8 aromatic rings. The zero-order valence-electron chi connectivity index (χ0n) is 61.2. The van der Waals surface area contributed by atoms with E-state index in [1.807, 2.05) is 0 Å². The Labute approximate surface area is 680 Å². The first-order valence-corrected chi connectivity index (χ1v) is 48.1. The van der Waals surface area contributed by atoms with E-state index in [1.54, 1.807) is 13.8 Å². The first-order chi connectivity index (χ1) is 55.2. The lowest BCUT2D eigenvalue weighted by atomic mass is 9.94. The number of nitrogen functional groups attached to an aromatic ring is 3. The summed E-state index contributed by atoms with van der Waals surface area (Å²) < 4.78 is 126. The van der Waals surface area contributed by atoms with Crippen molar-refractivity contribution >= 4 is 144 Å². The van der Waals surface area contributed by atoms with Crippen LogP contribution in [-0.4, -0.2) is 256 Å². The highest BCUT2D eigenvalue weighted by Gasteiger charge is 2.73. The Kier molecular flexibility index (Phi) is 21.6. The number of aromatic nitrogens is 16. The average molecular weight is 1830 g/mol. The van der Waals surface area contributed by atoms with Crippen molar-refractivity contribution in [1.82, 2.24) is 77.7 Å². The van der Waals surface area contributed by atoms with Gasteiger partial charge in [-0.1, -0.05) is 0 Å². The van der Waals surface area contributed by atoms with Crippen molar-refractivity contribution in [3.8, 4) is 0 Å². The van der Waals surface area contributed by atoms with Crippen LogP contribution in [0.2, 0.25) is 0 Å². The SMILES string of the molecule is COP(O)(=S)OC1[C@@H]2OC[C@]1(COP(O)(=S)OC1C[C@H](n3cnc4c(N)ncnc43)O[C@@H]1COP(O)(=S)OC1[C@@H]3O[C@@H](C)[C@]1(COP(O)(=S)OC1[C@@H]4O[C@@H](C)[C@]1(COP(O)(=S)OC1[C@@H]5O[C@@H](C)[C@]1(CO)O[C@H]5n1cnc5c(=O)[nH]c(N)nc51)O[C@H]4n1cc(C)c(=O)[nH]c1=O)O[C@H]3n1cnc3c(N)ncnc31)O[C@H]2n1cc(C)c(=O)[nH]c1=O. The molecular weight excluding hydrogens is 1760 g/mol. The number of aliphatic hydroxyl groups is 1. The number of rotatable bonds is 29. The van der Waals surface area contributed by atoms with Crippen LogP contribution in [0.3, 0.4) is 0 Å². The van der Waals surface area contributed by atoms with Crippen LogP contribution in [0.25, 0.3) is 33.5 Å². The quantitative estimate of drug-likeness (QED) is 0.0228. The second kappa shape index (κ2) is 30.2. The first kappa shape index (κ1) is 83.7. The molecule has 15 N–H and O–H groups in total. The number of aromatic amines is 3. The summed E-state index contributed by atoms with van der Waals surface area (Å²) in [6.45, 7) is -19.7. The van der Waals surface area contributed by atoms with E-state index in [2.05, 4.69) is 54.8 Å². The van der Waals surface area contributed by atoms with Gasteiger partial charge in [-0.2, -0.15) is 4.98 Å². The molecule has 59 heteroatoms. The van der Waals surface area contributed by atoms with Gasteiger partial charge in [0.25, 0.3) is 16.7 Å². The second-order valence-corrected chi connectivity index (χ2v) is 42.8. The van der Waals surface area contributed by atoms with E-state index in [-0.39, 0.29) is 75.2 Å². The smallest absolute Gasteiger partial charge is 0.330 e. The number of imidazole rings is 3. The Bertz CT molecular complexity index is 5910. The Morgan fingerprint density at radius 1 is 0.513 bits per heavy atom. The maximum absolute atomic E-state index is 13.8. The minimum absolute atomic E-state index is 0.0150. The van der Waals surface area contributed by atoms with Crippen molar-refractivity contribution in [2.45, 2.75) is 174 Å². The molecule has 9 saturated heterocycles. The highest BCUT2D eigenvalue weighted by atomic mass is 32.5. The van der Waals surface area contributed by atoms with Gasteiger partial charge in [-0.15, -0.1) is 0 Å². The minimum atomic E-state index is -4.88. The predicted molar refractivity (Wildman–Crippen MR) is 412 cm³/mol. The van der Waals surface area contributed by atoms with E-state index >= 15 is 0 Å². The molecule has 117 heavy (non-hydrogen) atoms. The minimum Gasteiger partial charge on any atom is -0.393 e. The summed E-state index contributed by atoms with van der Waals surface area (Å²) in [7, 11) is 1.11. The lowest BCUT2D eigenvalue weighted by Gasteiger charge is -2.38. The van der Waals surface area contributed by atoms with Crippen LogP contribution in [0.5, 0.6) is 0 Å². The fourth-order valence-electron chi connectivity index (χ4n) is 16.1. The molecule has 8 bridgehead atoms. The lowest BCUT2D eigenvalue weighted by Crippen LogP contribution is -2.52. The van der Waals surface area contributed by atoms with E-state index in [0.29, 0.717) is 0 Å². The standard InChI is InChI=1S/C58H72N19O30P5S5/c1-21-8-73(53(82)71-45(21)79)48-32-36(104-108(84,113)89-6)55(99-48,12-90-32)13-92-110(86,115)103-26-7-28(75-18-66-29-40(59)62-16-64-42(29)75)98-27(26)10-91-109(85,114)106-39-35-50(76-19-67-30-41(60)63-17-65-43(30)76)102-58(39,25(5)97-35)15-94-112(88,117)107-38-34-49(74-9-22(2)46(80)72-54(74)83)101-57(38,24(4)96-34)14-93-111(87,116)105-37-33-51(100-56(37,11-78)23(3)95-33)77-20-68-31-44(77)69-52(61)70-47(31)81/h8-9,16-20,23-28,32-39,48-51,78H,7,10-15H2,1-6H3,(H,84,113)(H,85,114)(H,86,115)(H,87,116)(H,88,117)(H2,59,62,64)(H2,60,63,65)(H,71,79,82)(H,72,80,83)(H3,61,69,70,81)/t23-,24-,25-,26?,27+,28+,32-,33-,34-,35-,36?,37?,38?,39?,48+,49+,50+,51+,55+,56-,57-,58-,108?,109?,110?,111?,112?/m0/s1. The van der Waals surface area contributed by atoms with Crippen molar-refractivity contribution in [1.29, 1.82) is 0 Å². The molecule has 17 heterocycles. The van der Waals surface area contributed by atoms with Crippen molar-refractivity contribution in [2.75, 3.05) is 64.0 Å². The van der Waals surface area contributed by atoms with Crippen LogP contribution in [0.1, 0.15) is 69.5 Å². The lowest BCUT2D eigenvalue weighted by molar-refractivity contribution is -0.218. The number of nitrogens with one attached hydrogen (secondary N) is 3. The molecule has 8 aromatic heterocycles. The van der Waals surface area contributed by atoms with Gasteiger partial charge in [-0.25, -0.2) is 44.5 Å². The summed E-state index contributed by atoms with van der Waals surface area (Å²) in [5.41, 5.74) is 7.50. The number of H-pyrrole nitrogens is 3. The van der Waals surface area contributed by atoms with Gasteiger partial charge in [0.15, 0.2) is 59.0 Å². The fourth-order valence-corrected chi connectivity index (χ4v) is 22.9. The first-order valence-electron chi connectivity index (χ1n) is 35.2. The van der Waals surface area contributed by atoms with Crippen LogP contribution < -0.4 is 45.3 Å². The summed E-state index contributed by atoms with van der Waals surface area (Å²) in [4.78, 5) is 166. The van der Waals surface area contributed by atoms with Crippen LogP contribution >= 0.6 is 33.6 Å². The van der Waals surface area contributed by atoms with Gasteiger partial charge in [0.05, 0.1) is 83.0 Å². The molecule has 0 aromatic carbocycles. The van der Waals surface area contributed by atoms with Gasteiger partial charge in [0, 0.05) is 37.1 Å². The maximum Gasteiger partial charge on any atom is 0.330 e. The Hall–Kier alpha value is -5.54. The molecule has 17 rings (SSSR count). The number of aryl methyl sites for hydroxylation is 2. The molecule has 0 aliphatic carbocycles. The molecule has 49 nitrogen and oxygen atoms in total. The Balaban J connectivity index is 0.639. The molecule has 0 spiro atoms. The van der Waals surface area contributed by atoms with Crippen LogP contribution in [0, 0.1) is 13.8 Å². The van der Waals surface area contributed by atoms with Gasteiger partial charge in [-0.05, 0) is 93.7 Å². The van der Waals surface area contributed by atoms with E-state index in [0.717, 1.165) is 16.2 Å². The van der Waals surface area contributed by atoms with E-state index in [4.69, 9.17) is 164 Å². The van der Waals surface area contributed by atoms with Crippen molar-refractivity contribution in [2.24, 2.45) is 0 Å². The van der Waals surface area contributed by atoms with Crippen LogP contribution in [-0.2, 0) is 147 Å². The summed E-state index contributed by atoms with van der Waals surface area (Å²) in [5, 5.41) is 11.1. The van der Waals surface area contributed by atoms with Crippen molar-refractivity contribution in [3.63, 3.8) is 0 Å². The molecule has 0 saturated carbocycles. The predicted octanol–water partition coefficient (Wildman–Crippen LogP) is -1.90. The summed E-state index contributed by atoms with van der Waals surface area (Å²) in [6, 6.07) is 0. The highest BCUT2D eigenvalue weighted by Crippen LogP contribution is 2.64. The molecule has 9 aliphatic heterocycles. The zero-order chi connectivity index (χ0) is 83.1. The molecule has 9 aliphatic rings. The third-order valence-electron chi connectivity index (χ3n) is 21.9. The number of hydrogen-bond donors (Lipinski definition) is 12. The van der Waals surface area contributed by atoms with Crippen molar-refractivity contribution in [3.05, 3.63) is 107 Å². The number of ether oxygens (including phenoxy) is 9. The molecule has 10 unspecified atom stereocenters. The average Bonchev–Trinajstić information content (AvgIpc) is 1.56. The molecule has 0 radical (unpaired) electrons. The number of anilines is 3. The Morgan fingerprint density at radius 3 is 1.50 bits per heavy atom. The van der Waals surface area contributed by atoms with Crippen molar-refractivity contribution < 1.29 is 117 Å². The van der Waals surface area contributed by atoms with E-state index in [9.17, 15) is 53.5 Å². The van der Waals surface area contributed by atoms with Gasteiger partial charge < -0.3 is 117 Å². The van der Waals surface area contributed by atoms with Crippen LogP contribution in [0.15, 0.2) is 68.0 Å². The van der Waals surface area contributed by atoms with Gasteiger partial charge >= 0.3 is 45.0 Å². The Morgan fingerprint density at radius 2 is 0.957 bits per heavy atom. The fraction of sp³-hybridized carbons (Fsp3) is 0.603. The summed E-state index contributed by atoms with van der Waals surface area (Å²) in [5.74, 6) is -0.239. The molecular formula is C58H72N19O30P5S5. The summed E-state index contributed by atoms with van der Waals surface area (Å²) >= 11 is 28.3. The molecule has 27 atom stereocenters. The van der Waals surface area contributed by atoms with E-state index in [1.165, 1.54) is 78.5 Å². The topological polar surface area (TPSA) is 635 Å². The third-order valence-corrected chi connectivity index (χ3v) is 29.8. The van der Waals surface area contributed by atoms with Gasteiger partial charge in [0.2, 0.25) is 5.95 Å². The third kappa shape index (κ3) is 14.5. The normalized spacial score (nSPS) is 36.1. The largest absolute Gasteiger partial charge is 0.393 e. The number of hydrogen-bond acceptors (Lipinski definition) is 41. The number of aliphatic hydroxyl groups excluding tert-OH is 1. The maximum atomic E-state index is 13.8. The van der Waals surface area contributed by atoms with Crippen LogP contribution in [0.4, 0.5) is 17.6 Å². The summed E-state index contributed by atoms with van der Waals surface area (Å²) in [6.07, 6.45) is -15.1. The zero-order valence-corrected chi connectivity index (χ0v) is 69.7. The second-order valence-electron chi connectivity index (χ2n) is 28.8. The highest BCUT2D eigenvalue weighted by molar-refractivity contribution is 8.08. The van der Waals surface area contributed by atoms with Gasteiger partial charge in [0.1, 0.15) is 107 Å². The van der Waals surface area contributed by atoms with Gasteiger partial charge in [-0.3, -0.25) is 70.3 Å². The number of fused-ring (bicyclic) bond motifs is 11. The number of nitrogens with zero attached hydrogens (tertiary/aromatic N) is 13.